The van der Waals surface area contributed by atoms with Crippen LogP contribution < -0.4 is 5.32 Å². The van der Waals surface area contributed by atoms with Gasteiger partial charge in [-0.15, -0.1) is 18.3 Å². The maximum Gasteiger partial charge on any atom is 0.256 e. The molecule has 0 atom stereocenters. The van der Waals surface area contributed by atoms with Gasteiger partial charge in [0.2, 0.25) is 0 Å². The summed E-state index contributed by atoms with van der Waals surface area (Å²) in [6, 6.07) is 15.6. The minimum atomic E-state index is -0.0692. The van der Waals surface area contributed by atoms with Crippen molar-refractivity contribution < 1.29 is 4.79 Å². The second-order valence-corrected chi connectivity index (χ2v) is 6.35. The Morgan fingerprint density at radius 1 is 1.18 bits per heavy atom. The number of carbonyl (C=O) groups is 1. The van der Waals surface area contributed by atoms with Gasteiger partial charge in [0.05, 0.1) is 5.56 Å². The SMILES string of the molecule is C=CCSc1ccccc1C(=O)Nc1ccccc1C(C)C. The summed E-state index contributed by atoms with van der Waals surface area (Å²) in [6.07, 6.45) is 1.84. The topological polar surface area (TPSA) is 29.1 Å². The molecule has 0 unspecified atom stereocenters. The molecular formula is C19H21NOS. The molecule has 0 saturated heterocycles. The number of rotatable bonds is 6. The van der Waals surface area contributed by atoms with Crippen molar-refractivity contribution in [3.05, 3.63) is 72.3 Å². The molecule has 0 aliphatic rings. The van der Waals surface area contributed by atoms with E-state index < -0.39 is 0 Å². The van der Waals surface area contributed by atoms with E-state index in [-0.39, 0.29) is 5.91 Å². The second kappa shape index (κ2) is 7.85. The molecule has 0 aromatic heterocycles. The summed E-state index contributed by atoms with van der Waals surface area (Å²) in [5.74, 6) is 1.08. The number of benzene rings is 2. The van der Waals surface area contributed by atoms with Crippen molar-refractivity contribution in [2.75, 3.05) is 11.1 Å². The van der Waals surface area contributed by atoms with Gasteiger partial charge in [0.25, 0.3) is 5.91 Å². The minimum absolute atomic E-state index is 0.0692. The Kier molecular flexibility index (Phi) is 5.84. The van der Waals surface area contributed by atoms with Crippen molar-refractivity contribution in [3.63, 3.8) is 0 Å². The van der Waals surface area contributed by atoms with Gasteiger partial charge in [-0.3, -0.25) is 4.79 Å². The lowest BCUT2D eigenvalue weighted by molar-refractivity contribution is 0.102. The van der Waals surface area contributed by atoms with E-state index >= 15 is 0 Å². The van der Waals surface area contributed by atoms with Gasteiger partial charge in [-0.05, 0) is 29.7 Å². The van der Waals surface area contributed by atoms with E-state index in [4.69, 9.17) is 0 Å². The molecule has 0 heterocycles. The van der Waals surface area contributed by atoms with E-state index in [2.05, 4.69) is 31.8 Å². The number of nitrogens with one attached hydrogen (secondary N) is 1. The molecular weight excluding hydrogens is 290 g/mol. The zero-order chi connectivity index (χ0) is 15.9. The van der Waals surface area contributed by atoms with Gasteiger partial charge < -0.3 is 5.32 Å². The van der Waals surface area contributed by atoms with E-state index in [0.29, 0.717) is 11.5 Å². The van der Waals surface area contributed by atoms with Crippen LogP contribution in [0.5, 0.6) is 0 Å². The van der Waals surface area contributed by atoms with Crippen LogP contribution in [0.3, 0.4) is 0 Å². The average molecular weight is 311 g/mol. The minimum Gasteiger partial charge on any atom is -0.322 e. The zero-order valence-electron chi connectivity index (χ0n) is 13.0. The van der Waals surface area contributed by atoms with Crippen molar-refractivity contribution in [2.45, 2.75) is 24.7 Å². The maximum absolute atomic E-state index is 12.6. The largest absolute Gasteiger partial charge is 0.322 e. The van der Waals surface area contributed by atoms with Crippen LogP contribution in [0.25, 0.3) is 0 Å². The van der Waals surface area contributed by atoms with Gasteiger partial charge in [0, 0.05) is 16.3 Å². The molecule has 0 radical (unpaired) electrons. The number of thioether (sulfide) groups is 1. The molecule has 0 fully saturated rings. The summed E-state index contributed by atoms with van der Waals surface area (Å²) in [6.45, 7) is 7.98. The lowest BCUT2D eigenvalue weighted by atomic mass is 10.0. The van der Waals surface area contributed by atoms with Crippen LogP contribution in [0.2, 0.25) is 0 Å². The summed E-state index contributed by atoms with van der Waals surface area (Å²) in [7, 11) is 0. The molecule has 2 aromatic carbocycles. The molecule has 1 amide bonds. The Bertz CT molecular complexity index is 664. The van der Waals surface area contributed by atoms with Gasteiger partial charge in [-0.25, -0.2) is 0 Å². The molecule has 2 aromatic rings. The van der Waals surface area contributed by atoms with Gasteiger partial charge >= 0.3 is 0 Å². The lowest BCUT2D eigenvalue weighted by Gasteiger charge is -2.14. The molecule has 0 saturated carbocycles. The highest BCUT2D eigenvalue weighted by atomic mass is 32.2. The Morgan fingerprint density at radius 2 is 1.86 bits per heavy atom. The van der Waals surface area contributed by atoms with E-state index in [0.717, 1.165) is 21.9 Å². The van der Waals surface area contributed by atoms with Gasteiger partial charge in [-0.1, -0.05) is 50.3 Å². The number of carbonyl (C=O) groups excluding carboxylic acids is 1. The summed E-state index contributed by atoms with van der Waals surface area (Å²) in [5, 5.41) is 3.05. The lowest BCUT2D eigenvalue weighted by Crippen LogP contribution is -2.14. The molecule has 0 aliphatic carbocycles. The summed E-state index contributed by atoms with van der Waals surface area (Å²) in [4.78, 5) is 13.6. The second-order valence-electron chi connectivity index (χ2n) is 5.29. The predicted octanol–water partition coefficient (Wildman–Crippen LogP) is 5.34. The molecule has 1 N–H and O–H groups in total. The smallest absolute Gasteiger partial charge is 0.256 e. The number of para-hydroxylation sites is 1. The first-order chi connectivity index (χ1) is 10.6. The number of anilines is 1. The highest BCUT2D eigenvalue weighted by Gasteiger charge is 2.13. The van der Waals surface area contributed by atoms with Crippen LogP contribution in [0.4, 0.5) is 5.69 Å². The zero-order valence-corrected chi connectivity index (χ0v) is 13.8. The van der Waals surface area contributed by atoms with Crippen molar-refractivity contribution in [1.29, 1.82) is 0 Å². The molecule has 3 heteroatoms. The fraction of sp³-hybridized carbons (Fsp3) is 0.211. The van der Waals surface area contributed by atoms with Crippen LogP contribution in [-0.2, 0) is 0 Å². The fourth-order valence-corrected chi connectivity index (χ4v) is 3.02. The van der Waals surface area contributed by atoms with Gasteiger partial charge in [-0.2, -0.15) is 0 Å². The Morgan fingerprint density at radius 3 is 2.59 bits per heavy atom. The van der Waals surface area contributed by atoms with E-state index in [1.807, 2.05) is 48.5 Å². The van der Waals surface area contributed by atoms with Crippen molar-refractivity contribution in [3.8, 4) is 0 Å². The van der Waals surface area contributed by atoms with Crippen LogP contribution in [-0.4, -0.2) is 11.7 Å². The number of hydrogen-bond donors (Lipinski definition) is 1. The van der Waals surface area contributed by atoms with E-state index in [9.17, 15) is 4.79 Å². The van der Waals surface area contributed by atoms with Crippen LogP contribution >= 0.6 is 11.8 Å². The Balaban J connectivity index is 2.25. The first-order valence-electron chi connectivity index (χ1n) is 7.36. The quantitative estimate of drug-likeness (QED) is 0.576. The van der Waals surface area contributed by atoms with E-state index in [1.54, 1.807) is 11.8 Å². The summed E-state index contributed by atoms with van der Waals surface area (Å²) >= 11 is 1.62. The first-order valence-corrected chi connectivity index (χ1v) is 8.35. The van der Waals surface area contributed by atoms with Crippen LogP contribution in [0.15, 0.2) is 66.1 Å². The number of amides is 1. The standard InChI is InChI=1S/C19H21NOS/c1-4-13-22-18-12-8-6-10-16(18)19(21)20-17-11-7-5-9-15(17)14(2)3/h4-12,14H,1,13H2,2-3H3,(H,20,21). The highest BCUT2D eigenvalue weighted by molar-refractivity contribution is 7.99. The molecule has 0 spiro atoms. The van der Waals surface area contributed by atoms with Crippen molar-refractivity contribution >= 4 is 23.4 Å². The molecule has 2 nitrogen and oxygen atoms in total. The maximum atomic E-state index is 12.6. The number of hydrogen-bond acceptors (Lipinski definition) is 2. The molecule has 22 heavy (non-hydrogen) atoms. The van der Waals surface area contributed by atoms with Crippen molar-refractivity contribution in [2.24, 2.45) is 0 Å². The highest BCUT2D eigenvalue weighted by Crippen LogP contribution is 2.27. The predicted molar refractivity (Wildman–Crippen MR) is 95.8 cm³/mol. The normalized spacial score (nSPS) is 10.5. The average Bonchev–Trinajstić information content (AvgIpc) is 2.53. The molecule has 2 rings (SSSR count). The summed E-state index contributed by atoms with van der Waals surface area (Å²) in [5.41, 5.74) is 2.73. The fourth-order valence-electron chi connectivity index (χ4n) is 2.23. The third-order valence-corrected chi connectivity index (χ3v) is 4.39. The molecule has 0 bridgehead atoms. The third-order valence-electron chi connectivity index (χ3n) is 3.32. The molecule has 0 aliphatic heterocycles. The third kappa shape index (κ3) is 4.01. The Labute approximate surface area is 136 Å². The van der Waals surface area contributed by atoms with Crippen LogP contribution in [0, 0.1) is 0 Å². The van der Waals surface area contributed by atoms with Gasteiger partial charge in [0.1, 0.15) is 0 Å². The van der Waals surface area contributed by atoms with Crippen LogP contribution in [0.1, 0.15) is 35.7 Å². The summed E-state index contributed by atoms with van der Waals surface area (Å²) < 4.78 is 0. The van der Waals surface area contributed by atoms with Crippen molar-refractivity contribution in [1.82, 2.24) is 0 Å². The first kappa shape index (κ1) is 16.4. The molecule has 114 valence electrons. The van der Waals surface area contributed by atoms with E-state index in [1.165, 1.54) is 0 Å². The monoisotopic (exact) mass is 311 g/mol. The van der Waals surface area contributed by atoms with Gasteiger partial charge in [0.15, 0.2) is 0 Å². The Hall–Kier alpha value is -2.00.